The van der Waals surface area contributed by atoms with Crippen molar-refractivity contribution in [2.45, 2.75) is 31.5 Å². The molecule has 0 fully saturated rings. The minimum absolute atomic E-state index is 0. The lowest BCUT2D eigenvalue weighted by molar-refractivity contribution is 0.0660. The maximum absolute atomic E-state index is 11.6. The Morgan fingerprint density at radius 3 is 2.92 bits per heavy atom. The number of aromatic nitrogens is 2. The van der Waals surface area contributed by atoms with E-state index in [9.17, 15) is 8.42 Å². The second-order valence-corrected chi connectivity index (χ2v) is 7.68. The number of hydrogen-bond acceptors (Lipinski definition) is 6. The minimum Gasteiger partial charge on any atom is -0.486 e. The van der Waals surface area contributed by atoms with E-state index < -0.39 is 22.2 Å². The number of H-pyrrole nitrogens is 1. The van der Waals surface area contributed by atoms with Crippen molar-refractivity contribution in [1.29, 1.82) is 0 Å². The van der Waals surface area contributed by atoms with Crippen molar-refractivity contribution in [3.8, 4) is 11.5 Å². The first kappa shape index (κ1) is 18.8. The van der Waals surface area contributed by atoms with Crippen LogP contribution in [-0.4, -0.2) is 49.7 Å². The number of nitrogens with two attached hydrogens (primary N) is 1. The third kappa shape index (κ3) is 4.10. The van der Waals surface area contributed by atoms with Gasteiger partial charge in [0.05, 0.1) is 18.5 Å². The van der Waals surface area contributed by atoms with Crippen LogP contribution >= 0.6 is 12.4 Å². The monoisotopic (exact) mass is 376 g/mol. The van der Waals surface area contributed by atoms with Gasteiger partial charge in [-0.2, -0.15) is 5.10 Å². The number of sulfonamides is 1. The van der Waals surface area contributed by atoms with Crippen LogP contribution in [-0.2, 0) is 10.0 Å². The van der Waals surface area contributed by atoms with Crippen molar-refractivity contribution in [3.05, 3.63) is 18.3 Å². The molecule has 1 aliphatic rings. The van der Waals surface area contributed by atoms with Crippen LogP contribution < -0.4 is 19.9 Å². The number of ether oxygens (including phenoxy) is 2. The highest BCUT2D eigenvalue weighted by Crippen LogP contribution is 2.38. The van der Waals surface area contributed by atoms with Crippen LogP contribution in [0.4, 0.5) is 0 Å². The Balaban J connectivity index is 0.00000208. The molecule has 0 spiro atoms. The topological polar surface area (TPSA) is 119 Å². The van der Waals surface area contributed by atoms with Gasteiger partial charge in [0.25, 0.3) is 0 Å². The smallest absolute Gasteiger partial charge is 0.209 e. The summed E-state index contributed by atoms with van der Waals surface area (Å²) in [7, 11) is -3.39. The summed E-state index contributed by atoms with van der Waals surface area (Å²) < 4.78 is 37.6. The first-order valence-electron chi connectivity index (χ1n) is 7.32. The second-order valence-electron chi connectivity index (χ2n) is 5.90. The maximum Gasteiger partial charge on any atom is 0.209 e. The van der Waals surface area contributed by atoms with E-state index in [1.54, 1.807) is 6.20 Å². The summed E-state index contributed by atoms with van der Waals surface area (Å²) in [6, 6.07) is 3.04. The largest absolute Gasteiger partial charge is 0.486 e. The van der Waals surface area contributed by atoms with Gasteiger partial charge in [-0.3, -0.25) is 5.10 Å². The molecule has 0 amide bonds. The fourth-order valence-corrected chi connectivity index (χ4v) is 3.50. The Kier molecular flexibility index (Phi) is 5.59. The molecule has 1 aromatic carbocycles. The van der Waals surface area contributed by atoms with Gasteiger partial charge in [0.2, 0.25) is 10.0 Å². The minimum atomic E-state index is -3.39. The lowest BCUT2D eigenvalue weighted by atomic mass is 10.0. The van der Waals surface area contributed by atoms with Crippen LogP contribution in [0.2, 0.25) is 0 Å². The molecule has 3 rings (SSSR count). The summed E-state index contributed by atoms with van der Waals surface area (Å²) in [6.45, 7) is 2.06. The molecule has 1 unspecified atom stereocenters. The fourth-order valence-electron chi connectivity index (χ4n) is 2.71. The van der Waals surface area contributed by atoms with E-state index in [1.807, 2.05) is 19.1 Å². The Morgan fingerprint density at radius 2 is 2.25 bits per heavy atom. The summed E-state index contributed by atoms with van der Waals surface area (Å²) in [5.74, 6) is 1.15. The molecule has 2 heterocycles. The first-order valence-corrected chi connectivity index (χ1v) is 9.21. The SMILES string of the molecule is C[C@H](N)CC(NS(C)(=O)=O)[C@H]1COc2ccc3cn[nH]c3c2O1.Cl. The third-order valence-corrected chi connectivity index (χ3v) is 4.38. The molecule has 10 heteroatoms. The van der Waals surface area contributed by atoms with Gasteiger partial charge in [-0.05, 0) is 25.5 Å². The number of benzene rings is 1. The van der Waals surface area contributed by atoms with Crippen molar-refractivity contribution in [3.63, 3.8) is 0 Å². The van der Waals surface area contributed by atoms with Crippen molar-refractivity contribution in [2.24, 2.45) is 5.73 Å². The number of nitrogens with zero attached hydrogens (tertiary/aromatic N) is 1. The predicted molar refractivity (Wildman–Crippen MR) is 93.3 cm³/mol. The van der Waals surface area contributed by atoms with Gasteiger partial charge in [-0.15, -0.1) is 12.4 Å². The number of fused-ring (bicyclic) bond motifs is 3. The summed E-state index contributed by atoms with van der Waals surface area (Å²) in [4.78, 5) is 0. The highest BCUT2D eigenvalue weighted by atomic mass is 35.5. The maximum atomic E-state index is 11.6. The molecule has 1 aromatic heterocycles. The molecule has 4 N–H and O–H groups in total. The Hall–Kier alpha value is -1.55. The fraction of sp³-hybridized carbons (Fsp3) is 0.500. The Morgan fingerprint density at radius 1 is 1.50 bits per heavy atom. The van der Waals surface area contributed by atoms with Crippen LogP contribution in [0.3, 0.4) is 0 Å². The average molecular weight is 377 g/mol. The number of hydrogen-bond donors (Lipinski definition) is 3. The molecule has 0 aliphatic carbocycles. The second kappa shape index (κ2) is 7.14. The number of nitrogens with one attached hydrogen (secondary N) is 2. The van der Waals surface area contributed by atoms with E-state index in [1.165, 1.54) is 0 Å². The summed E-state index contributed by atoms with van der Waals surface area (Å²) in [5, 5.41) is 7.77. The van der Waals surface area contributed by atoms with Gasteiger partial charge in [-0.1, -0.05) is 0 Å². The highest BCUT2D eigenvalue weighted by molar-refractivity contribution is 7.88. The van der Waals surface area contributed by atoms with Gasteiger partial charge < -0.3 is 15.2 Å². The molecular weight excluding hydrogens is 356 g/mol. The first-order chi connectivity index (χ1) is 10.8. The molecule has 24 heavy (non-hydrogen) atoms. The van der Waals surface area contributed by atoms with Crippen LogP contribution in [0, 0.1) is 0 Å². The normalized spacial score (nSPS) is 19.5. The zero-order valence-electron chi connectivity index (χ0n) is 13.4. The van der Waals surface area contributed by atoms with Crippen LogP contribution in [0.25, 0.3) is 10.9 Å². The summed E-state index contributed by atoms with van der Waals surface area (Å²) >= 11 is 0. The zero-order chi connectivity index (χ0) is 16.6. The molecule has 0 radical (unpaired) electrons. The molecule has 3 atom stereocenters. The van der Waals surface area contributed by atoms with E-state index in [0.29, 0.717) is 17.9 Å². The van der Waals surface area contributed by atoms with Gasteiger partial charge >= 0.3 is 0 Å². The quantitative estimate of drug-likeness (QED) is 0.709. The van der Waals surface area contributed by atoms with Crippen molar-refractivity contribution in [1.82, 2.24) is 14.9 Å². The number of halogens is 1. The van der Waals surface area contributed by atoms with Gasteiger partial charge in [0.15, 0.2) is 11.5 Å². The zero-order valence-corrected chi connectivity index (χ0v) is 15.0. The van der Waals surface area contributed by atoms with Crippen LogP contribution in [0.1, 0.15) is 13.3 Å². The lowest BCUT2D eigenvalue weighted by Crippen LogP contribution is -2.51. The molecule has 0 saturated heterocycles. The molecule has 8 nitrogen and oxygen atoms in total. The van der Waals surface area contributed by atoms with Crippen LogP contribution in [0.15, 0.2) is 18.3 Å². The highest BCUT2D eigenvalue weighted by Gasteiger charge is 2.32. The van der Waals surface area contributed by atoms with Crippen molar-refractivity contribution < 1.29 is 17.9 Å². The van der Waals surface area contributed by atoms with E-state index in [2.05, 4.69) is 14.9 Å². The van der Waals surface area contributed by atoms with Crippen LogP contribution in [0.5, 0.6) is 11.5 Å². The Labute approximate surface area is 146 Å². The summed E-state index contributed by atoms with van der Waals surface area (Å²) in [6.07, 6.45) is 2.77. The molecular formula is C14H21ClN4O4S. The molecule has 2 aromatic rings. The molecule has 0 bridgehead atoms. The van der Waals surface area contributed by atoms with Crippen molar-refractivity contribution >= 4 is 33.3 Å². The van der Waals surface area contributed by atoms with E-state index in [-0.39, 0.29) is 25.1 Å². The van der Waals surface area contributed by atoms with E-state index >= 15 is 0 Å². The van der Waals surface area contributed by atoms with E-state index in [4.69, 9.17) is 15.2 Å². The van der Waals surface area contributed by atoms with Gasteiger partial charge in [-0.25, -0.2) is 13.1 Å². The number of rotatable bonds is 5. The van der Waals surface area contributed by atoms with Crippen molar-refractivity contribution in [2.75, 3.05) is 12.9 Å². The Bertz CT molecular complexity index is 808. The predicted octanol–water partition coefficient (Wildman–Crippen LogP) is 0.780. The van der Waals surface area contributed by atoms with E-state index in [0.717, 1.165) is 17.2 Å². The molecule has 134 valence electrons. The molecule has 1 aliphatic heterocycles. The standard InChI is InChI=1S/C14H20N4O4S.ClH/c1-8(15)5-10(18-23(2,19)20)12-7-21-11-4-3-9-6-16-17-13(9)14(11)22-12;/h3-4,6,8,10,12,18H,5,7,15H2,1-2H3,(H,16,17);1H/t8-,10?,12+;/m0./s1. The number of aromatic amines is 1. The lowest BCUT2D eigenvalue weighted by Gasteiger charge is -2.33. The van der Waals surface area contributed by atoms with Gasteiger partial charge in [0, 0.05) is 11.4 Å². The van der Waals surface area contributed by atoms with Gasteiger partial charge in [0.1, 0.15) is 18.2 Å². The summed E-state index contributed by atoms with van der Waals surface area (Å²) in [5.41, 5.74) is 6.57. The molecule has 0 saturated carbocycles. The third-order valence-electron chi connectivity index (χ3n) is 3.65. The average Bonchev–Trinajstić information content (AvgIpc) is 2.93.